The summed E-state index contributed by atoms with van der Waals surface area (Å²) in [7, 11) is 0. The lowest BCUT2D eigenvalue weighted by Crippen LogP contribution is -2.27. The summed E-state index contributed by atoms with van der Waals surface area (Å²) in [6, 6.07) is 14.1. The molecule has 1 unspecified atom stereocenters. The van der Waals surface area contributed by atoms with Gasteiger partial charge in [-0.25, -0.2) is 0 Å². The van der Waals surface area contributed by atoms with Gasteiger partial charge in [-0.2, -0.15) is 10.2 Å². The molecule has 30 heavy (non-hydrogen) atoms. The average molecular weight is 422 g/mol. The molecule has 4 aromatic rings. The van der Waals surface area contributed by atoms with Gasteiger partial charge in [0.2, 0.25) is 5.91 Å². The van der Waals surface area contributed by atoms with Crippen LogP contribution in [-0.2, 0) is 11.3 Å². The highest BCUT2D eigenvalue weighted by atomic mass is 35.5. The minimum absolute atomic E-state index is 0.135. The predicted octanol–water partition coefficient (Wildman–Crippen LogP) is 5.14. The van der Waals surface area contributed by atoms with Crippen LogP contribution in [0.5, 0.6) is 0 Å². The number of amides is 1. The normalized spacial score (nSPS) is 12.3. The number of hydrogen-bond donors (Lipinski definition) is 1. The van der Waals surface area contributed by atoms with Crippen molar-refractivity contribution in [3.8, 4) is 0 Å². The molecule has 0 aliphatic carbocycles. The van der Waals surface area contributed by atoms with Crippen LogP contribution in [0.1, 0.15) is 36.3 Å². The van der Waals surface area contributed by atoms with E-state index in [0.717, 1.165) is 11.4 Å². The molecule has 1 amide bonds. The van der Waals surface area contributed by atoms with E-state index in [-0.39, 0.29) is 5.91 Å². The van der Waals surface area contributed by atoms with Crippen molar-refractivity contribution in [3.63, 3.8) is 0 Å². The fraction of sp³-hybridized carbons (Fsp3) is 0.261. The third kappa shape index (κ3) is 3.83. The Kier molecular flexibility index (Phi) is 5.59. The molecular formula is C23H24ClN5O. The number of nitrogens with zero attached hydrogens (tertiary/aromatic N) is 4. The van der Waals surface area contributed by atoms with Gasteiger partial charge in [0.25, 0.3) is 0 Å². The zero-order chi connectivity index (χ0) is 21.3. The van der Waals surface area contributed by atoms with Gasteiger partial charge in [-0.3, -0.25) is 14.2 Å². The number of aryl methyl sites for hydroxylation is 1. The van der Waals surface area contributed by atoms with Crippen molar-refractivity contribution in [2.45, 2.75) is 39.8 Å². The molecule has 0 aliphatic rings. The number of rotatable bonds is 6. The molecule has 7 heteroatoms. The number of anilines is 1. The average Bonchev–Trinajstić information content (AvgIpc) is 3.28. The summed E-state index contributed by atoms with van der Waals surface area (Å²) < 4.78 is 3.53. The summed E-state index contributed by atoms with van der Waals surface area (Å²) in [6.07, 6.45) is 4.12. The molecular weight excluding hydrogens is 398 g/mol. The monoisotopic (exact) mass is 421 g/mol. The summed E-state index contributed by atoms with van der Waals surface area (Å²) in [5.74, 6) is -0.135. The van der Waals surface area contributed by atoms with E-state index in [1.54, 1.807) is 10.9 Å². The fourth-order valence-electron chi connectivity index (χ4n) is 3.76. The number of benzene rings is 2. The van der Waals surface area contributed by atoms with E-state index in [9.17, 15) is 4.79 Å². The molecule has 0 fully saturated rings. The van der Waals surface area contributed by atoms with Crippen LogP contribution < -0.4 is 5.32 Å². The maximum absolute atomic E-state index is 12.9. The minimum Gasteiger partial charge on any atom is -0.322 e. The van der Waals surface area contributed by atoms with Gasteiger partial charge in [0, 0.05) is 6.20 Å². The van der Waals surface area contributed by atoms with E-state index < -0.39 is 6.04 Å². The third-order valence-electron chi connectivity index (χ3n) is 5.33. The number of fused-ring (bicyclic) bond motifs is 1. The summed E-state index contributed by atoms with van der Waals surface area (Å²) >= 11 is 6.26. The second-order valence-corrected chi connectivity index (χ2v) is 7.79. The van der Waals surface area contributed by atoms with Gasteiger partial charge in [-0.15, -0.1) is 0 Å². The molecule has 2 heterocycles. The van der Waals surface area contributed by atoms with Crippen molar-refractivity contribution < 1.29 is 4.79 Å². The zero-order valence-corrected chi connectivity index (χ0v) is 18.0. The maximum Gasteiger partial charge on any atom is 0.249 e. The van der Waals surface area contributed by atoms with Crippen LogP contribution in [0.15, 0.2) is 54.9 Å². The lowest BCUT2D eigenvalue weighted by atomic mass is 10.0. The largest absolute Gasteiger partial charge is 0.322 e. The topological polar surface area (TPSA) is 64.7 Å². The van der Waals surface area contributed by atoms with Gasteiger partial charge >= 0.3 is 0 Å². The van der Waals surface area contributed by atoms with Crippen molar-refractivity contribution in [3.05, 3.63) is 76.8 Å². The first kappa shape index (κ1) is 20.2. The van der Waals surface area contributed by atoms with E-state index in [0.29, 0.717) is 23.7 Å². The summed E-state index contributed by atoms with van der Waals surface area (Å²) in [5, 5.41) is 14.8. The van der Waals surface area contributed by atoms with Gasteiger partial charge in [0.15, 0.2) is 0 Å². The fourth-order valence-corrected chi connectivity index (χ4v) is 3.89. The number of halogens is 1. The summed E-state index contributed by atoms with van der Waals surface area (Å²) in [4.78, 5) is 12.9. The highest BCUT2D eigenvalue weighted by molar-refractivity contribution is 6.31. The van der Waals surface area contributed by atoms with Crippen LogP contribution in [0.4, 0.5) is 5.69 Å². The number of nitrogens with one attached hydrogen (secondary N) is 1. The van der Waals surface area contributed by atoms with Gasteiger partial charge in [0.1, 0.15) is 6.04 Å². The second kappa shape index (κ2) is 8.32. The molecule has 0 saturated heterocycles. The molecule has 2 aromatic heterocycles. The van der Waals surface area contributed by atoms with Crippen molar-refractivity contribution in [1.29, 1.82) is 0 Å². The Morgan fingerprint density at radius 1 is 1.17 bits per heavy atom. The van der Waals surface area contributed by atoms with Gasteiger partial charge in [-0.1, -0.05) is 61.0 Å². The Morgan fingerprint density at radius 3 is 2.67 bits per heavy atom. The van der Waals surface area contributed by atoms with E-state index in [2.05, 4.69) is 45.8 Å². The SMILES string of the molecule is CCC(C(=O)Nc1cnn(Cc2cccc3ccccc23)c1)n1nc(C)c(Cl)c1C. The van der Waals surface area contributed by atoms with Crippen LogP contribution in [0.3, 0.4) is 0 Å². The molecule has 1 atom stereocenters. The number of hydrogen-bond acceptors (Lipinski definition) is 3. The minimum atomic E-state index is -0.433. The Labute approximate surface area is 180 Å². The Balaban J connectivity index is 1.51. The first-order valence-corrected chi connectivity index (χ1v) is 10.4. The molecule has 0 bridgehead atoms. The predicted molar refractivity (Wildman–Crippen MR) is 120 cm³/mol. The molecule has 0 saturated carbocycles. The van der Waals surface area contributed by atoms with Crippen LogP contribution in [0, 0.1) is 13.8 Å². The van der Waals surface area contributed by atoms with Gasteiger partial charge < -0.3 is 5.32 Å². The molecule has 6 nitrogen and oxygen atoms in total. The van der Waals surface area contributed by atoms with Gasteiger partial charge in [-0.05, 0) is 36.6 Å². The Hall–Kier alpha value is -3.12. The summed E-state index contributed by atoms with van der Waals surface area (Å²) in [5.41, 5.74) is 3.36. The third-order valence-corrected chi connectivity index (χ3v) is 5.88. The van der Waals surface area contributed by atoms with Crippen LogP contribution in [-0.4, -0.2) is 25.5 Å². The van der Waals surface area contributed by atoms with E-state index >= 15 is 0 Å². The van der Waals surface area contributed by atoms with Crippen molar-refractivity contribution in [2.24, 2.45) is 0 Å². The summed E-state index contributed by atoms with van der Waals surface area (Å²) in [6.45, 7) is 6.30. The number of aromatic nitrogens is 4. The smallest absolute Gasteiger partial charge is 0.249 e. The molecule has 4 rings (SSSR count). The molecule has 0 radical (unpaired) electrons. The molecule has 154 valence electrons. The standard InChI is InChI=1S/C23H24ClN5O/c1-4-21(29-16(3)22(24)15(2)27-29)23(30)26-19-12-25-28(14-19)13-18-10-7-9-17-8-5-6-11-20(17)18/h5-12,14,21H,4,13H2,1-3H3,(H,26,30). The van der Waals surface area contributed by atoms with Crippen LogP contribution in [0.25, 0.3) is 10.8 Å². The molecule has 0 spiro atoms. The first-order chi connectivity index (χ1) is 14.5. The van der Waals surface area contributed by atoms with Crippen molar-refractivity contribution in [1.82, 2.24) is 19.6 Å². The maximum atomic E-state index is 12.9. The first-order valence-electron chi connectivity index (χ1n) is 9.99. The molecule has 2 aromatic carbocycles. The van der Waals surface area contributed by atoms with E-state index in [4.69, 9.17) is 11.6 Å². The lowest BCUT2D eigenvalue weighted by Gasteiger charge is -2.16. The number of carbonyl (C=O) groups is 1. The Morgan fingerprint density at radius 2 is 1.93 bits per heavy atom. The van der Waals surface area contributed by atoms with Crippen molar-refractivity contribution >= 4 is 34.0 Å². The van der Waals surface area contributed by atoms with E-state index in [1.165, 1.54) is 16.3 Å². The number of carbonyl (C=O) groups excluding carboxylic acids is 1. The van der Waals surface area contributed by atoms with Crippen LogP contribution >= 0.6 is 11.6 Å². The highest BCUT2D eigenvalue weighted by Gasteiger charge is 2.23. The Bertz CT molecular complexity index is 1200. The van der Waals surface area contributed by atoms with Crippen LogP contribution in [0.2, 0.25) is 5.02 Å². The van der Waals surface area contributed by atoms with Gasteiger partial charge in [0.05, 0.1) is 34.8 Å². The van der Waals surface area contributed by atoms with E-state index in [1.807, 2.05) is 43.8 Å². The molecule has 1 N–H and O–H groups in total. The molecule has 0 aliphatic heterocycles. The quantitative estimate of drug-likeness (QED) is 0.468. The lowest BCUT2D eigenvalue weighted by molar-refractivity contribution is -0.119. The van der Waals surface area contributed by atoms with Crippen molar-refractivity contribution in [2.75, 3.05) is 5.32 Å². The second-order valence-electron chi connectivity index (χ2n) is 7.41. The zero-order valence-electron chi connectivity index (χ0n) is 17.3. The highest BCUT2D eigenvalue weighted by Crippen LogP contribution is 2.25.